The highest BCUT2D eigenvalue weighted by Gasteiger charge is 2.18. The van der Waals surface area contributed by atoms with Crippen LogP contribution in [0.2, 0.25) is 0 Å². The van der Waals surface area contributed by atoms with Gasteiger partial charge in [-0.3, -0.25) is 9.89 Å². The normalized spacial score (nSPS) is 12.4. The minimum atomic E-state index is -0.195. The monoisotopic (exact) mass is 419 g/mol. The summed E-state index contributed by atoms with van der Waals surface area (Å²) >= 11 is 1.48. The summed E-state index contributed by atoms with van der Waals surface area (Å²) in [7, 11) is 1.83. The van der Waals surface area contributed by atoms with Crippen LogP contribution in [0.3, 0.4) is 0 Å². The van der Waals surface area contributed by atoms with Gasteiger partial charge in [-0.1, -0.05) is 0 Å². The maximum absolute atomic E-state index is 13.1. The van der Waals surface area contributed by atoms with Crippen LogP contribution in [0.25, 0.3) is 32.3 Å². The predicted molar refractivity (Wildman–Crippen MR) is 116 cm³/mol. The summed E-state index contributed by atoms with van der Waals surface area (Å²) in [6.07, 6.45) is 6.51. The zero-order chi connectivity index (χ0) is 20.8. The molecule has 0 aromatic carbocycles. The molecule has 0 radical (unpaired) electrons. The maximum atomic E-state index is 13.1. The summed E-state index contributed by atoms with van der Waals surface area (Å²) in [6.45, 7) is 0.262. The van der Waals surface area contributed by atoms with Crippen LogP contribution >= 0.6 is 11.3 Å². The number of hydrogen-bond donors (Lipinski definition) is 3. The van der Waals surface area contributed by atoms with E-state index in [1.807, 2.05) is 19.2 Å². The first-order chi connectivity index (χ1) is 14.5. The number of H-pyrrole nitrogens is 1. The van der Waals surface area contributed by atoms with E-state index in [2.05, 4.69) is 25.3 Å². The molecule has 0 saturated carbocycles. The van der Waals surface area contributed by atoms with E-state index in [1.165, 1.54) is 16.0 Å². The number of aryl methyl sites for hydroxylation is 1. The molecule has 5 aromatic rings. The minimum Gasteiger partial charge on any atom is -0.402 e. The molecule has 0 spiro atoms. The first-order valence-corrected chi connectivity index (χ1v) is 9.95. The van der Waals surface area contributed by atoms with E-state index >= 15 is 0 Å². The Morgan fingerprint density at radius 3 is 3.03 bits per heavy atom. The quantitative estimate of drug-likeness (QED) is 0.370. The van der Waals surface area contributed by atoms with Gasteiger partial charge in [0, 0.05) is 30.8 Å². The number of nitrogens with two attached hydrogens (primary N) is 1. The number of hydrogen-bond acceptors (Lipinski definition) is 8. The van der Waals surface area contributed by atoms with Crippen LogP contribution in [0.1, 0.15) is 10.7 Å². The number of fused-ring (bicyclic) bond motifs is 4. The lowest BCUT2D eigenvalue weighted by molar-refractivity contribution is 0.634. The predicted octanol–water partition coefficient (Wildman–Crippen LogP) is 1.70. The van der Waals surface area contributed by atoms with E-state index < -0.39 is 0 Å². The molecule has 0 aliphatic heterocycles. The average Bonchev–Trinajstić information content (AvgIpc) is 3.40. The molecule has 0 aliphatic rings. The van der Waals surface area contributed by atoms with Crippen molar-refractivity contribution >= 4 is 49.8 Å². The second kappa shape index (κ2) is 6.88. The number of aromatic nitrogens is 7. The lowest BCUT2D eigenvalue weighted by Gasteiger charge is -2.05. The van der Waals surface area contributed by atoms with Gasteiger partial charge in [0.2, 0.25) is 0 Å². The van der Waals surface area contributed by atoms with Crippen molar-refractivity contribution in [1.82, 2.24) is 34.5 Å². The van der Waals surface area contributed by atoms with Gasteiger partial charge in [0.1, 0.15) is 16.0 Å². The van der Waals surface area contributed by atoms with Crippen molar-refractivity contribution < 1.29 is 0 Å². The summed E-state index contributed by atoms with van der Waals surface area (Å²) < 4.78 is 4.11. The molecule has 10 nitrogen and oxygen atoms in total. The third-order valence-electron chi connectivity index (χ3n) is 4.89. The molecular formula is C19H17N9OS. The summed E-state index contributed by atoms with van der Waals surface area (Å²) in [4.78, 5) is 22.3. The van der Waals surface area contributed by atoms with Crippen LogP contribution < -0.4 is 11.3 Å². The third kappa shape index (κ3) is 2.87. The lowest BCUT2D eigenvalue weighted by atomic mass is 10.3. The van der Waals surface area contributed by atoms with Gasteiger partial charge in [0.25, 0.3) is 5.56 Å². The van der Waals surface area contributed by atoms with Crippen LogP contribution in [0.4, 0.5) is 0 Å². The molecule has 5 aromatic heterocycles. The molecule has 0 fully saturated rings. The molecule has 0 bridgehead atoms. The number of nitrogens with zero attached hydrogens (tertiary/aromatic N) is 6. The highest BCUT2D eigenvalue weighted by molar-refractivity contribution is 7.19. The fourth-order valence-electron chi connectivity index (χ4n) is 3.48. The largest absolute Gasteiger partial charge is 0.402 e. The first kappa shape index (κ1) is 18.2. The van der Waals surface area contributed by atoms with Gasteiger partial charge in [-0.2, -0.15) is 10.2 Å². The van der Waals surface area contributed by atoms with Crippen LogP contribution in [0.5, 0.6) is 0 Å². The second-order valence-electron chi connectivity index (χ2n) is 6.88. The smallest absolute Gasteiger partial charge is 0.291 e. The van der Waals surface area contributed by atoms with Gasteiger partial charge in [0.15, 0.2) is 5.65 Å². The molecule has 0 amide bonds. The van der Waals surface area contributed by atoms with Crippen LogP contribution in [-0.4, -0.2) is 40.7 Å². The zero-order valence-electron chi connectivity index (χ0n) is 16.0. The van der Waals surface area contributed by atoms with Crippen molar-refractivity contribution in [3.8, 4) is 0 Å². The number of pyridine rings is 1. The van der Waals surface area contributed by atoms with Crippen molar-refractivity contribution in [2.75, 3.05) is 0 Å². The Labute approximate surface area is 173 Å². The SMILES string of the molecule is Cn1c2nc(CC(N)=CC=N)sc2c2cnn(Cc3ccc4[nH]ncc4n3)c(=O)c21. The van der Waals surface area contributed by atoms with E-state index in [9.17, 15) is 4.79 Å². The molecule has 30 heavy (non-hydrogen) atoms. The van der Waals surface area contributed by atoms with Gasteiger partial charge in [-0.05, 0) is 18.2 Å². The second-order valence-corrected chi connectivity index (χ2v) is 7.96. The van der Waals surface area contributed by atoms with E-state index in [-0.39, 0.29) is 12.1 Å². The molecule has 0 unspecified atom stereocenters. The molecule has 5 rings (SSSR count). The minimum absolute atomic E-state index is 0.195. The Kier molecular flexibility index (Phi) is 4.17. The van der Waals surface area contributed by atoms with Crippen molar-refractivity contribution in [1.29, 1.82) is 5.41 Å². The van der Waals surface area contributed by atoms with Gasteiger partial charge in [-0.25, -0.2) is 14.6 Å². The topological polar surface area (TPSA) is 144 Å². The van der Waals surface area contributed by atoms with E-state index in [0.29, 0.717) is 17.6 Å². The Morgan fingerprint density at radius 1 is 1.33 bits per heavy atom. The summed E-state index contributed by atoms with van der Waals surface area (Å²) in [5.41, 5.74) is 9.85. The molecule has 0 saturated heterocycles. The van der Waals surface area contributed by atoms with Gasteiger partial charge in [0.05, 0.1) is 34.8 Å². The Hall–Kier alpha value is -3.86. The molecular weight excluding hydrogens is 402 g/mol. The molecule has 11 heteroatoms. The standard InChI is InChI=1S/C19H17N9OS/c1-27-16-12(17-18(27)25-15(30-17)6-10(21)4-5-20)7-23-28(19(16)29)9-11-2-3-13-14(24-11)8-22-26-13/h2-5,7-8,20H,6,9,21H2,1H3,(H,22,26). The zero-order valence-corrected chi connectivity index (χ0v) is 16.8. The van der Waals surface area contributed by atoms with Crippen molar-refractivity contribution in [2.45, 2.75) is 13.0 Å². The van der Waals surface area contributed by atoms with Crippen LogP contribution in [0, 0.1) is 5.41 Å². The van der Waals surface area contributed by atoms with Gasteiger partial charge >= 0.3 is 0 Å². The number of rotatable bonds is 5. The average molecular weight is 419 g/mol. The molecule has 0 aliphatic carbocycles. The van der Waals surface area contributed by atoms with Gasteiger partial charge < -0.3 is 15.7 Å². The number of nitrogens with one attached hydrogen (secondary N) is 2. The lowest BCUT2D eigenvalue weighted by Crippen LogP contribution is -2.24. The van der Waals surface area contributed by atoms with E-state index in [0.717, 1.165) is 43.7 Å². The number of thiazole rings is 1. The molecule has 5 heterocycles. The van der Waals surface area contributed by atoms with Crippen molar-refractivity contribution in [3.05, 3.63) is 57.4 Å². The molecule has 150 valence electrons. The summed E-state index contributed by atoms with van der Waals surface area (Å²) in [5.74, 6) is 0. The van der Waals surface area contributed by atoms with E-state index in [1.54, 1.807) is 23.0 Å². The summed E-state index contributed by atoms with van der Waals surface area (Å²) in [6, 6.07) is 3.74. The van der Waals surface area contributed by atoms with Crippen LogP contribution in [0.15, 0.2) is 41.1 Å². The fourth-order valence-corrected chi connectivity index (χ4v) is 4.62. The van der Waals surface area contributed by atoms with Gasteiger partial charge in [-0.15, -0.1) is 11.3 Å². The number of aromatic amines is 1. The van der Waals surface area contributed by atoms with Crippen molar-refractivity contribution in [2.24, 2.45) is 12.8 Å². The maximum Gasteiger partial charge on any atom is 0.291 e. The number of allylic oxidation sites excluding steroid dienone is 2. The van der Waals surface area contributed by atoms with Crippen LogP contribution in [-0.2, 0) is 20.0 Å². The highest BCUT2D eigenvalue weighted by Crippen LogP contribution is 2.31. The first-order valence-electron chi connectivity index (χ1n) is 9.13. The van der Waals surface area contributed by atoms with E-state index in [4.69, 9.17) is 11.1 Å². The highest BCUT2D eigenvalue weighted by atomic mass is 32.1. The fraction of sp³-hybridized carbons (Fsp3) is 0.158. The third-order valence-corrected chi connectivity index (χ3v) is 5.97. The van der Waals surface area contributed by atoms with Crippen molar-refractivity contribution in [3.63, 3.8) is 0 Å². The Morgan fingerprint density at radius 2 is 2.20 bits per heavy atom. The Balaban J connectivity index is 1.56. The summed E-state index contributed by atoms with van der Waals surface area (Å²) in [5, 5.41) is 19.9. The molecule has 4 N–H and O–H groups in total. The molecule has 0 atom stereocenters. The Bertz CT molecular complexity index is 1520.